The first kappa shape index (κ1) is 14.1. The maximum absolute atomic E-state index is 13.8. The minimum absolute atomic E-state index is 0.0635. The topological polar surface area (TPSA) is 21.3 Å². The molecule has 1 aromatic rings. The van der Waals surface area contributed by atoms with E-state index in [9.17, 15) is 4.39 Å². The van der Waals surface area contributed by atoms with E-state index < -0.39 is 0 Å². The van der Waals surface area contributed by atoms with Gasteiger partial charge in [0.2, 0.25) is 0 Å². The summed E-state index contributed by atoms with van der Waals surface area (Å²) >= 11 is 0. The molecule has 0 aromatic heterocycles. The van der Waals surface area contributed by atoms with Gasteiger partial charge in [-0.25, -0.2) is 4.39 Å². The van der Waals surface area contributed by atoms with Gasteiger partial charge < -0.3 is 10.1 Å². The molecular weight excluding hydrogens is 217 g/mol. The van der Waals surface area contributed by atoms with Gasteiger partial charge in [-0.15, -0.1) is 0 Å². The minimum Gasteiger partial charge on any atom is -0.379 e. The smallest absolute Gasteiger partial charge is 0.128 e. The Morgan fingerprint density at radius 1 is 1.35 bits per heavy atom. The van der Waals surface area contributed by atoms with Crippen molar-refractivity contribution in [3.8, 4) is 0 Å². The van der Waals surface area contributed by atoms with Gasteiger partial charge in [0.15, 0.2) is 0 Å². The molecule has 1 unspecified atom stereocenters. The highest BCUT2D eigenvalue weighted by atomic mass is 19.1. The van der Waals surface area contributed by atoms with Crippen molar-refractivity contribution in [3.05, 3.63) is 35.1 Å². The molecule has 2 nitrogen and oxygen atoms in total. The molecule has 0 radical (unpaired) electrons. The molecule has 0 fully saturated rings. The van der Waals surface area contributed by atoms with Gasteiger partial charge in [0.05, 0.1) is 12.6 Å². The lowest BCUT2D eigenvalue weighted by Gasteiger charge is -2.19. The first-order valence-electron chi connectivity index (χ1n) is 6.26. The Hall–Kier alpha value is -0.930. The van der Waals surface area contributed by atoms with Gasteiger partial charge in [-0.3, -0.25) is 0 Å². The van der Waals surface area contributed by atoms with Crippen molar-refractivity contribution < 1.29 is 9.13 Å². The largest absolute Gasteiger partial charge is 0.379 e. The van der Waals surface area contributed by atoms with E-state index in [1.807, 2.05) is 19.9 Å². The summed E-state index contributed by atoms with van der Waals surface area (Å²) in [6.07, 6.45) is 0.981. The zero-order valence-electron chi connectivity index (χ0n) is 10.9. The summed E-state index contributed by atoms with van der Waals surface area (Å²) in [5.74, 6) is -0.165. The third kappa shape index (κ3) is 4.44. The number of nitrogens with one attached hydrogen (secondary N) is 1. The SMILES string of the molecule is CCCOCC(NCC)c1cc(C)ccc1F. The summed E-state index contributed by atoms with van der Waals surface area (Å²) in [4.78, 5) is 0. The first-order valence-corrected chi connectivity index (χ1v) is 6.26. The van der Waals surface area contributed by atoms with E-state index >= 15 is 0 Å². The lowest BCUT2D eigenvalue weighted by molar-refractivity contribution is 0.111. The van der Waals surface area contributed by atoms with Crippen LogP contribution in [-0.4, -0.2) is 19.8 Å². The Bertz CT molecular complexity index is 341. The van der Waals surface area contributed by atoms with Gasteiger partial charge in [0, 0.05) is 12.2 Å². The zero-order valence-corrected chi connectivity index (χ0v) is 10.9. The molecule has 0 saturated heterocycles. The van der Waals surface area contributed by atoms with E-state index in [4.69, 9.17) is 4.74 Å². The van der Waals surface area contributed by atoms with Crippen LogP contribution in [0.15, 0.2) is 18.2 Å². The Kier molecular flexibility index (Phi) is 6.16. The number of halogens is 1. The predicted octanol–water partition coefficient (Wildman–Crippen LogP) is 3.21. The average molecular weight is 239 g/mol. The standard InChI is InChI=1S/C14H22FNO/c1-4-8-17-10-14(16-5-2)12-9-11(3)6-7-13(12)15/h6-7,9,14,16H,4-5,8,10H2,1-3H3. The van der Waals surface area contributed by atoms with Crippen LogP contribution >= 0.6 is 0 Å². The monoisotopic (exact) mass is 239 g/mol. The summed E-state index contributed by atoms with van der Waals surface area (Å²) in [6.45, 7) is 8.08. The van der Waals surface area contributed by atoms with Crippen LogP contribution in [0.1, 0.15) is 37.4 Å². The molecule has 96 valence electrons. The van der Waals surface area contributed by atoms with Crippen LogP contribution in [0.2, 0.25) is 0 Å². The number of rotatable bonds is 7. The molecule has 1 atom stereocenters. The average Bonchev–Trinajstić information content (AvgIpc) is 2.32. The summed E-state index contributed by atoms with van der Waals surface area (Å²) in [7, 11) is 0. The van der Waals surface area contributed by atoms with Crippen LogP contribution in [0.5, 0.6) is 0 Å². The Morgan fingerprint density at radius 3 is 2.76 bits per heavy atom. The van der Waals surface area contributed by atoms with Crippen molar-refractivity contribution in [3.63, 3.8) is 0 Å². The maximum atomic E-state index is 13.8. The van der Waals surface area contributed by atoms with Crippen LogP contribution in [-0.2, 0) is 4.74 Å². The van der Waals surface area contributed by atoms with E-state index in [-0.39, 0.29) is 11.9 Å². The molecule has 0 bridgehead atoms. The Morgan fingerprint density at radius 2 is 2.12 bits per heavy atom. The van der Waals surface area contributed by atoms with E-state index in [0.29, 0.717) is 12.2 Å². The number of ether oxygens (including phenoxy) is 1. The molecule has 0 amide bonds. The molecule has 3 heteroatoms. The normalized spacial score (nSPS) is 12.7. The van der Waals surface area contributed by atoms with Crippen molar-refractivity contribution in [2.45, 2.75) is 33.2 Å². The van der Waals surface area contributed by atoms with Gasteiger partial charge in [-0.05, 0) is 26.0 Å². The van der Waals surface area contributed by atoms with Crippen molar-refractivity contribution >= 4 is 0 Å². The fourth-order valence-electron chi connectivity index (χ4n) is 1.78. The number of hydrogen-bond donors (Lipinski definition) is 1. The molecular formula is C14H22FNO. The molecule has 17 heavy (non-hydrogen) atoms. The molecule has 1 rings (SSSR count). The summed E-state index contributed by atoms with van der Waals surface area (Å²) in [5.41, 5.74) is 1.77. The molecule has 1 aromatic carbocycles. The zero-order chi connectivity index (χ0) is 12.7. The van der Waals surface area contributed by atoms with Crippen LogP contribution in [0.3, 0.4) is 0 Å². The number of benzene rings is 1. The molecule has 0 aliphatic rings. The quantitative estimate of drug-likeness (QED) is 0.738. The highest BCUT2D eigenvalue weighted by Gasteiger charge is 2.14. The third-order valence-electron chi connectivity index (χ3n) is 2.61. The van der Waals surface area contributed by atoms with Crippen molar-refractivity contribution in [1.29, 1.82) is 0 Å². The third-order valence-corrected chi connectivity index (χ3v) is 2.61. The second-order valence-corrected chi connectivity index (χ2v) is 4.21. The number of hydrogen-bond acceptors (Lipinski definition) is 2. The summed E-state index contributed by atoms with van der Waals surface area (Å²) < 4.78 is 19.3. The Balaban J connectivity index is 2.77. The summed E-state index contributed by atoms with van der Waals surface area (Å²) in [6, 6.07) is 5.13. The summed E-state index contributed by atoms with van der Waals surface area (Å²) in [5, 5.41) is 3.26. The second-order valence-electron chi connectivity index (χ2n) is 4.21. The molecule has 0 aliphatic carbocycles. The molecule has 0 aliphatic heterocycles. The second kappa shape index (κ2) is 7.41. The van der Waals surface area contributed by atoms with E-state index in [1.54, 1.807) is 6.07 Å². The van der Waals surface area contributed by atoms with Gasteiger partial charge >= 0.3 is 0 Å². The van der Waals surface area contributed by atoms with Crippen LogP contribution in [0.4, 0.5) is 4.39 Å². The lowest BCUT2D eigenvalue weighted by Crippen LogP contribution is -2.26. The number of aryl methyl sites for hydroxylation is 1. The fraction of sp³-hybridized carbons (Fsp3) is 0.571. The van der Waals surface area contributed by atoms with E-state index in [0.717, 1.165) is 25.1 Å². The lowest BCUT2D eigenvalue weighted by atomic mass is 10.0. The van der Waals surface area contributed by atoms with E-state index in [2.05, 4.69) is 12.2 Å². The van der Waals surface area contributed by atoms with Gasteiger partial charge in [-0.2, -0.15) is 0 Å². The van der Waals surface area contributed by atoms with Crippen LogP contribution < -0.4 is 5.32 Å². The molecule has 0 heterocycles. The van der Waals surface area contributed by atoms with Crippen LogP contribution in [0, 0.1) is 12.7 Å². The van der Waals surface area contributed by atoms with Crippen molar-refractivity contribution in [2.75, 3.05) is 19.8 Å². The Labute approximate surface area is 103 Å². The van der Waals surface area contributed by atoms with Gasteiger partial charge in [-0.1, -0.05) is 31.5 Å². The van der Waals surface area contributed by atoms with Gasteiger partial charge in [0.1, 0.15) is 5.82 Å². The van der Waals surface area contributed by atoms with Crippen molar-refractivity contribution in [1.82, 2.24) is 5.32 Å². The molecule has 1 N–H and O–H groups in total. The number of likely N-dealkylation sites (N-methyl/N-ethyl adjacent to an activating group) is 1. The predicted molar refractivity (Wildman–Crippen MR) is 68.7 cm³/mol. The van der Waals surface area contributed by atoms with E-state index in [1.165, 1.54) is 6.07 Å². The first-order chi connectivity index (χ1) is 8.19. The molecule has 0 saturated carbocycles. The van der Waals surface area contributed by atoms with Crippen molar-refractivity contribution in [2.24, 2.45) is 0 Å². The highest BCUT2D eigenvalue weighted by Crippen LogP contribution is 2.19. The minimum atomic E-state index is -0.165. The van der Waals surface area contributed by atoms with Gasteiger partial charge in [0.25, 0.3) is 0 Å². The van der Waals surface area contributed by atoms with Crippen LogP contribution in [0.25, 0.3) is 0 Å². The fourth-order valence-corrected chi connectivity index (χ4v) is 1.78. The highest BCUT2D eigenvalue weighted by molar-refractivity contribution is 5.27. The maximum Gasteiger partial charge on any atom is 0.128 e. The molecule has 0 spiro atoms.